The summed E-state index contributed by atoms with van der Waals surface area (Å²) >= 11 is 0. The minimum atomic E-state index is -3.87. The topological polar surface area (TPSA) is 255 Å². The van der Waals surface area contributed by atoms with Crippen LogP contribution < -0.4 is 20.3 Å². The molecular weight excluding hydrogens is 847 g/mol. The quantitative estimate of drug-likeness (QED) is 0.170. The average Bonchev–Trinajstić information content (AvgIpc) is 3.80. The second-order valence-corrected chi connectivity index (χ2v) is 21.3. The van der Waals surface area contributed by atoms with Crippen LogP contribution in [0.3, 0.4) is 0 Å². The minimum Gasteiger partial charge on any atom is -0.492 e. The first-order valence-electron chi connectivity index (χ1n) is 21.5. The predicted octanol–water partition coefficient (Wildman–Crippen LogP) is 4.55. The number of aryl methyl sites for hydroxylation is 1. The van der Waals surface area contributed by atoms with Crippen LogP contribution in [0.1, 0.15) is 95.4 Å². The lowest BCUT2D eigenvalue weighted by Gasteiger charge is -2.38. The first-order valence-corrected chi connectivity index (χ1v) is 22.9. The van der Waals surface area contributed by atoms with Crippen molar-refractivity contribution in [3.8, 4) is 5.75 Å². The second-order valence-electron chi connectivity index (χ2n) is 18.7. The van der Waals surface area contributed by atoms with E-state index in [0.717, 1.165) is 11.3 Å². The maximum atomic E-state index is 14.0. The number of carboxylic acid groups (broad SMARTS) is 1. The number of hydrogen-bond acceptors (Lipinski definition) is 15. The molecular formula is C43H57N11O9S. The molecule has 3 fully saturated rings. The SMILES string of the molecule is Cc1[nH]nc(Nc2ncnc3cc(OCC4CCN(c5cnc(C(=O)N6CCC7CCC(C(=O)O)N7C(=O)C(NC(=O)OC(C)(C)C)C6)cn5)CC4)c(S(=O)(=O)C(C)(C)C)cc23)c1C. The van der Waals surface area contributed by atoms with Crippen LogP contribution in [0.4, 0.5) is 22.2 Å². The third-order valence-corrected chi connectivity index (χ3v) is 14.5. The fourth-order valence-corrected chi connectivity index (χ4v) is 9.50. The molecule has 21 heteroatoms. The Kier molecular flexibility index (Phi) is 12.8. The number of fused-ring (bicyclic) bond motifs is 2. The lowest BCUT2D eigenvalue weighted by atomic mass is 9.98. The molecule has 1 aromatic carbocycles. The zero-order valence-corrected chi connectivity index (χ0v) is 38.3. The van der Waals surface area contributed by atoms with Crippen molar-refractivity contribution in [2.45, 2.75) is 121 Å². The van der Waals surface area contributed by atoms with Gasteiger partial charge in [-0.3, -0.25) is 14.7 Å². The number of aromatic amines is 1. The predicted molar refractivity (Wildman–Crippen MR) is 235 cm³/mol. The molecule has 4 N–H and O–H groups in total. The molecule has 3 aliphatic rings. The highest BCUT2D eigenvalue weighted by molar-refractivity contribution is 7.92. The summed E-state index contributed by atoms with van der Waals surface area (Å²) in [5, 5.41) is 23.4. The summed E-state index contributed by atoms with van der Waals surface area (Å²) in [5.41, 5.74) is 1.50. The van der Waals surface area contributed by atoms with E-state index >= 15 is 0 Å². The number of carboxylic acids is 1. The third kappa shape index (κ3) is 9.68. The number of aromatic nitrogens is 6. The van der Waals surface area contributed by atoms with Crippen LogP contribution in [0.5, 0.6) is 5.75 Å². The molecule has 0 saturated carbocycles. The highest BCUT2D eigenvalue weighted by atomic mass is 32.2. The molecule has 7 rings (SSSR count). The molecule has 3 saturated heterocycles. The van der Waals surface area contributed by atoms with E-state index in [1.54, 1.807) is 53.7 Å². The zero-order valence-electron chi connectivity index (χ0n) is 37.5. The Bertz CT molecular complexity index is 2530. The Morgan fingerprint density at radius 3 is 2.28 bits per heavy atom. The summed E-state index contributed by atoms with van der Waals surface area (Å²) in [6.07, 6.45) is 5.98. The average molecular weight is 904 g/mol. The van der Waals surface area contributed by atoms with Crippen molar-refractivity contribution >= 4 is 62.1 Å². The van der Waals surface area contributed by atoms with E-state index in [1.165, 1.54) is 28.5 Å². The molecule has 344 valence electrons. The lowest BCUT2D eigenvalue weighted by Crippen LogP contribution is -2.60. The molecule has 4 aromatic rings. The fourth-order valence-electron chi connectivity index (χ4n) is 8.19. The van der Waals surface area contributed by atoms with Gasteiger partial charge in [0.1, 0.15) is 52.0 Å². The molecule has 0 radical (unpaired) electrons. The molecule has 3 aromatic heterocycles. The molecule has 0 spiro atoms. The molecule has 3 aliphatic heterocycles. The summed E-state index contributed by atoms with van der Waals surface area (Å²) in [7, 11) is -3.87. The zero-order chi connectivity index (χ0) is 46.3. The van der Waals surface area contributed by atoms with Crippen LogP contribution in [0.15, 0.2) is 35.7 Å². The van der Waals surface area contributed by atoms with Gasteiger partial charge in [-0.2, -0.15) is 5.10 Å². The van der Waals surface area contributed by atoms with Crippen molar-refractivity contribution in [2.24, 2.45) is 5.92 Å². The summed E-state index contributed by atoms with van der Waals surface area (Å²) in [4.78, 5) is 75.4. The molecule has 20 nitrogen and oxygen atoms in total. The van der Waals surface area contributed by atoms with Crippen LogP contribution in [-0.2, 0) is 24.2 Å². The highest BCUT2D eigenvalue weighted by Gasteiger charge is 2.46. The number of amides is 3. The number of nitrogens with zero attached hydrogens (tertiary/aromatic N) is 8. The third-order valence-electron chi connectivity index (χ3n) is 12.0. The first-order chi connectivity index (χ1) is 30.1. The summed E-state index contributed by atoms with van der Waals surface area (Å²) in [5.74, 6) is -0.317. The Labute approximate surface area is 371 Å². The lowest BCUT2D eigenvalue weighted by molar-refractivity contribution is -0.151. The van der Waals surface area contributed by atoms with Crippen molar-refractivity contribution in [3.63, 3.8) is 0 Å². The number of H-pyrrole nitrogens is 1. The smallest absolute Gasteiger partial charge is 0.408 e. The maximum Gasteiger partial charge on any atom is 0.408 e. The van der Waals surface area contributed by atoms with Gasteiger partial charge in [-0.05, 0) is 99.5 Å². The van der Waals surface area contributed by atoms with E-state index in [2.05, 4.69) is 45.7 Å². The maximum absolute atomic E-state index is 14.0. The number of piperidine rings is 1. The number of sulfone groups is 1. The van der Waals surface area contributed by atoms with Gasteiger partial charge in [0.2, 0.25) is 5.91 Å². The van der Waals surface area contributed by atoms with Gasteiger partial charge < -0.3 is 39.9 Å². The molecule has 0 aliphatic carbocycles. The number of nitrogens with one attached hydrogen (secondary N) is 3. The number of anilines is 3. The number of alkyl carbamates (subject to hydrolysis) is 1. The summed E-state index contributed by atoms with van der Waals surface area (Å²) in [6.45, 7) is 15.3. The van der Waals surface area contributed by atoms with Gasteiger partial charge >= 0.3 is 12.1 Å². The number of rotatable bonds is 10. The molecule has 0 bridgehead atoms. The minimum absolute atomic E-state index is 0.0483. The van der Waals surface area contributed by atoms with Crippen molar-refractivity contribution in [1.29, 1.82) is 0 Å². The Morgan fingerprint density at radius 2 is 1.66 bits per heavy atom. The van der Waals surface area contributed by atoms with Gasteiger partial charge in [0, 0.05) is 48.4 Å². The Hall–Kier alpha value is -6.12. The van der Waals surface area contributed by atoms with Crippen molar-refractivity contribution in [3.05, 3.63) is 47.8 Å². The van der Waals surface area contributed by atoms with Gasteiger partial charge in [0.25, 0.3) is 5.91 Å². The molecule has 3 amide bonds. The van der Waals surface area contributed by atoms with E-state index in [-0.39, 0.29) is 48.4 Å². The second kappa shape index (κ2) is 17.8. The Balaban J connectivity index is 1.01. The first kappa shape index (κ1) is 45.9. The van der Waals surface area contributed by atoms with E-state index in [0.29, 0.717) is 67.1 Å². The molecule has 3 atom stereocenters. The fraction of sp³-hybridized carbons (Fsp3) is 0.558. The summed E-state index contributed by atoms with van der Waals surface area (Å²) in [6, 6.07) is 0.528. The van der Waals surface area contributed by atoms with Crippen LogP contribution >= 0.6 is 0 Å². The van der Waals surface area contributed by atoms with E-state index in [1.807, 2.05) is 13.8 Å². The van der Waals surface area contributed by atoms with Crippen molar-refractivity contribution in [1.82, 2.24) is 45.2 Å². The van der Waals surface area contributed by atoms with Gasteiger partial charge in [0.15, 0.2) is 15.7 Å². The van der Waals surface area contributed by atoms with E-state index < -0.39 is 62.2 Å². The molecule has 64 heavy (non-hydrogen) atoms. The monoisotopic (exact) mass is 903 g/mol. The van der Waals surface area contributed by atoms with Gasteiger partial charge in [-0.1, -0.05) is 0 Å². The van der Waals surface area contributed by atoms with Crippen LogP contribution in [0, 0.1) is 19.8 Å². The summed E-state index contributed by atoms with van der Waals surface area (Å²) < 4.78 is 38.6. The number of carbonyl (C=O) groups is 4. The number of hydrogen-bond donors (Lipinski definition) is 4. The van der Waals surface area contributed by atoms with Gasteiger partial charge in [-0.15, -0.1) is 0 Å². The molecule has 3 unspecified atom stereocenters. The molecule has 6 heterocycles. The highest BCUT2D eigenvalue weighted by Crippen LogP contribution is 2.38. The van der Waals surface area contributed by atoms with Gasteiger partial charge in [0.05, 0.1) is 35.8 Å². The van der Waals surface area contributed by atoms with Crippen molar-refractivity contribution < 1.29 is 42.2 Å². The standard InChI is InChI=1S/C43H57N11O9S/c1-24-25(2)50-51-36(24)49-37-28-17-34(64(60,61)43(6,7)8)33(18-29(28)46-23-47-37)62-22-26-11-14-52(15-12-26)35-20-44-30(19-45-35)38(55)53-16-13-27-9-10-32(40(57)58)54(27)39(56)31(21-53)48-41(59)63-42(3,4)5/h17-20,23,26-27,31-32H,9-16,21-22H2,1-8H3,(H,48,59)(H,57,58)(H2,46,47,49,50,51). The normalized spacial score (nSPS) is 20.1. The number of benzene rings is 1. The van der Waals surface area contributed by atoms with Crippen LogP contribution in [0.2, 0.25) is 0 Å². The number of carbonyl (C=O) groups excluding carboxylic acids is 3. The number of ether oxygens (including phenoxy) is 2. The largest absolute Gasteiger partial charge is 0.492 e. The number of aliphatic carboxylic acids is 1. The van der Waals surface area contributed by atoms with E-state index in [4.69, 9.17) is 9.47 Å². The van der Waals surface area contributed by atoms with Crippen LogP contribution in [-0.4, -0.2) is 139 Å². The van der Waals surface area contributed by atoms with Crippen LogP contribution in [0.25, 0.3) is 10.9 Å². The van der Waals surface area contributed by atoms with E-state index in [9.17, 15) is 32.7 Å². The Morgan fingerprint density at radius 1 is 0.922 bits per heavy atom. The van der Waals surface area contributed by atoms with Crippen molar-refractivity contribution in [2.75, 3.05) is 43.0 Å². The van der Waals surface area contributed by atoms with Gasteiger partial charge in [-0.25, -0.2) is 37.9 Å².